The number of nitrogens with zero attached hydrogens (tertiary/aromatic N) is 1. The van der Waals surface area contributed by atoms with Crippen LogP contribution < -0.4 is 4.74 Å². The van der Waals surface area contributed by atoms with E-state index in [1.807, 2.05) is 62.3 Å². The number of methoxy groups -OCH3 is 1. The highest BCUT2D eigenvalue weighted by molar-refractivity contribution is 5.89. The number of phenolic OH excluding ortho intramolecular Hbond substituents is 1. The zero-order valence-corrected chi connectivity index (χ0v) is 14.6. The first-order chi connectivity index (χ1) is 11.5. The summed E-state index contributed by atoms with van der Waals surface area (Å²) in [5, 5.41) is 11.4. The van der Waals surface area contributed by atoms with Gasteiger partial charge in [0.05, 0.1) is 12.5 Å². The fourth-order valence-electron chi connectivity index (χ4n) is 2.98. The maximum Gasteiger partial charge on any atom is 0.138 e. The minimum atomic E-state index is 0.323. The second-order valence-electron chi connectivity index (χ2n) is 6.36. The van der Waals surface area contributed by atoms with Crippen molar-refractivity contribution in [3.63, 3.8) is 0 Å². The van der Waals surface area contributed by atoms with Crippen LogP contribution in [0.25, 0.3) is 11.0 Å². The summed E-state index contributed by atoms with van der Waals surface area (Å²) in [5.74, 6) is 2.04. The first-order valence-corrected chi connectivity index (χ1v) is 8.00. The summed E-state index contributed by atoms with van der Waals surface area (Å²) in [6.45, 7) is 2.70. The fraction of sp³-hybridized carbons (Fsp3) is 0.300. The van der Waals surface area contributed by atoms with Crippen molar-refractivity contribution >= 4 is 11.0 Å². The van der Waals surface area contributed by atoms with Gasteiger partial charge < -0.3 is 19.2 Å². The predicted molar refractivity (Wildman–Crippen MR) is 95.8 cm³/mol. The number of rotatable bonds is 5. The highest BCUT2D eigenvalue weighted by atomic mass is 16.5. The van der Waals surface area contributed by atoms with Gasteiger partial charge in [-0.3, -0.25) is 0 Å². The second kappa shape index (κ2) is 6.57. The molecule has 0 amide bonds. The molecule has 3 rings (SSSR count). The number of hydrogen-bond acceptors (Lipinski definition) is 4. The Morgan fingerprint density at radius 3 is 2.42 bits per heavy atom. The summed E-state index contributed by atoms with van der Waals surface area (Å²) < 4.78 is 11.2. The molecule has 0 aliphatic heterocycles. The third-order valence-corrected chi connectivity index (χ3v) is 4.26. The van der Waals surface area contributed by atoms with Gasteiger partial charge in [-0.05, 0) is 44.8 Å². The van der Waals surface area contributed by atoms with Crippen molar-refractivity contribution in [3.05, 3.63) is 58.8 Å². The molecule has 0 spiro atoms. The van der Waals surface area contributed by atoms with E-state index in [1.54, 1.807) is 7.11 Å². The van der Waals surface area contributed by atoms with Gasteiger partial charge >= 0.3 is 0 Å². The van der Waals surface area contributed by atoms with E-state index >= 15 is 0 Å². The Morgan fingerprint density at radius 2 is 1.79 bits per heavy atom. The number of hydrogen-bond donors (Lipinski definition) is 1. The molecule has 0 radical (unpaired) electrons. The van der Waals surface area contributed by atoms with Crippen LogP contribution in [0.1, 0.15) is 22.5 Å². The summed E-state index contributed by atoms with van der Waals surface area (Å²) in [6.07, 6.45) is 0.687. The molecular formula is C20H23NO3. The molecule has 4 heteroatoms. The van der Waals surface area contributed by atoms with Crippen molar-refractivity contribution in [2.45, 2.75) is 19.9 Å². The van der Waals surface area contributed by atoms with Crippen LogP contribution in [0.2, 0.25) is 0 Å². The zero-order chi connectivity index (χ0) is 17.3. The van der Waals surface area contributed by atoms with E-state index in [9.17, 15) is 5.11 Å². The van der Waals surface area contributed by atoms with Gasteiger partial charge in [0, 0.05) is 24.1 Å². The number of ether oxygens (including phenoxy) is 1. The first kappa shape index (κ1) is 16.4. The van der Waals surface area contributed by atoms with E-state index in [1.165, 1.54) is 0 Å². The van der Waals surface area contributed by atoms with Gasteiger partial charge in [0.2, 0.25) is 0 Å². The topological polar surface area (TPSA) is 45.8 Å². The Hall–Kier alpha value is -2.46. The molecule has 0 bridgehead atoms. The van der Waals surface area contributed by atoms with Crippen molar-refractivity contribution in [3.8, 4) is 11.5 Å². The van der Waals surface area contributed by atoms with Gasteiger partial charge in [0.25, 0.3) is 0 Å². The minimum absolute atomic E-state index is 0.323. The van der Waals surface area contributed by atoms with Gasteiger partial charge in [0.1, 0.15) is 22.8 Å². The van der Waals surface area contributed by atoms with Crippen molar-refractivity contribution in [1.82, 2.24) is 4.90 Å². The average molecular weight is 325 g/mol. The summed E-state index contributed by atoms with van der Waals surface area (Å²) in [4.78, 5) is 2.04. The quantitative estimate of drug-likeness (QED) is 0.767. The summed E-state index contributed by atoms with van der Waals surface area (Å²) in [5.41, 5.74) is 3.79. The van der Waals surface area contributed by atoms with Crippen LogP contribution in [0.3, 0.4) is 0 Å². The van der Waals surface area contributed by atoms with E-state index in [-0.39, 0.29) is 0 Å². The van der Waals surface area contributed by atoms with E-state index in [0.717, 1.165) is 39.2 Å². The largest absolute Gasteiger partial charge is 0.507 e. The number of aryl methyl sites for hydroxylation is 1. The van der Waals surface area contributed by atoms with Crippen LogP contribution in [0, 0.1) is 6.92 Å². The summed E-state index contributed by atoms with van der Waals surface area (Å²) in [7, 11) is 5.63. The van der Waals surface area contributed by atoms with Crippen molar-refractivity contribution < 1.29 is 14.3 Å². The third kappa shape index (κ3) is 3.10. The molecule has 126 valence electrons. The van der Waals surface area contributed by atoms with Crippen LogP contribution in [0.15, 0.2) is 40.8 Å². The normalized spacial score (nSPS) is 11.4. The fourth-order valence-corrected chi connectivity index (χ4v) is 2.98. The molecular weight excluding hydrogens is 302 g/mol. The Kier molecular flexibility index (Phi) is 4.49. The van der Waals surface area contributed by atoms with E-state index in [2.05, 4.69) is 0 Å². The van der Waals surface area contributed by atoms with E-state index < -0.39 is 0 Å². The lowest BCUT2D eigenvalue weighted by molar-refractivity contribution is 0.387. The molecule has 0 saturated carbocycles. The molecule has 0 fully saturated rings. The maximum atomic E-state index is 10.6. The molecule has 3 aromatic rings. The lowest BCUT2D eigenvalue weighted by atomic mass is 10.0. The smallest absolute Gasteiger partial charge is 0.138 e. The third-order valence-electron chi connectivity index (χ3n) is 4.26. The lowest BCUT2D eigenvalue weighted by Gasteiger charge is -2.11. The molecule has 24 heavy (non-hydrogen) atoms. The van der Waals surface area contributed by atoms with Gasteiger partial charge in [0.15, 0.2) is 0 Å². The zero-order valence-electron chi connectivity index (χ0n) is 14.6. The lowest BCUT2D eigenvalue weighted by Crippen LogP contribution is -2.10. The number of phenols is 1. The van der Waals surface area contributed by atoms with Crippen LogP contribution in [-0.2, 0) is 13.0 Å². The highest BCUT2D eigenvalue weighted by Gasteiger charge is 2.17. The van der Waals surface area contributed by atoms with Gasteiger partial charge in [-0.25, -0.2) is 0 Å². The SMILES string of the molecule is COc1ccc(Cc2oc3ccc(CN(C)C)c(O)c3c2C)cc1. The molecule has 0 saturated heterocycles. The molecule has 0 atom stereocenters. The van der Waals surface area contributed by atoms with Gasteiger partial charge in [-0.1, -0.05) is 18.2 Å². The maximum absolute atomic E-state index is 10.6. The van der Waals surface area contributed by atoms with Crippen LogP contribution in [0.4, 0.5) is 0 Å². The molecule has 0 aliphatic carbocycles. The van der Waals surface area contributed by atoms with E-state index in [0.29, 0.717) is 18.7 Å². The van der Waals surface area contributed by atoms with Crippen LogP contribution in [0.5, 0.6) is 11.5 Å². The van der Waals surface area contributed by atoms with Gasteiger partial charge in [-0.15, -0.1) is 0 Å². The Bertz CT molecular complexity index is 847. The highest BCUT2D eigenvalue weighted by Crippen LogP contribution is 2.36. The molecule has 1 aromatic heterocycles. The molecule has 1 heterocycles. The summed E-state index contributed by atoms with van der Waals surface area (Å²) >= 11 is 0. The standard InChI is InChI=1S/C20H23NO3/c1-13-18(11-14-5-8-16(23-4)9-6-14)24-17-10-7-15(12-21(2)3)20(22)19(13)17/h5-10,22H,11-12H2,1-4H3. The van der Waals surface area contributed by atoms with Gasteiger partial charge in [-0.2, -0.15) is 0 Å². The first-order valence-electron chi connectivity index (χ1n) is 8.00. The second-order valence-corrected chi connectivity index (χ2v) is 6.36. The minimum Gasteiger partial charge on any atom is -0.507 e. The summed E-state index contributed by atoms with van der Waals surface area (Å²) in [6, 6.07) is 11.8. The van der Waals surface area contributed by atoms with Crippen molar-refractivity contribution in [1.29, 1.82) is 0 Å². The number of benzene rings is 2. The van der Waals surface area contributed by atoms with Crippen LogP contribution in [-0.4, -0.2) is 31.2 Å². The monoisotopic (exact) mass is 325 g/mol. The predicted octanol–water partition coefficient (Wildman–Crippen LogP) is 4.11. The Morgan fingerprint density at radius 1 is 1.08 bits per heavy atom. The molecule has 0 unspecified atom stereocenters. The number of fused-ring (bicyclic) bond motifs is 1. The molecule has 2 aromatic carbocycles. The molecule has 1 N–H and O–H groups in total. The number of aromatic hydroxyl groups is 1. The van der Waals surface area contributed by atoms with E-state index in [4.69, 9.17) is 9.15 Å². The Balaban J connectivity index is 1.97. The van der Waals surface area contributed by atoms with Crippen molar-refractivity contribution in [2.24, 2.45) is 0 Å². The van der Waals surface area contributed by atoms with Crippen molar-refractivity contribution in [2.75, 3.05) is 21.2 Å². The molecule has 0 aliphatic rings. The number of furan rings is 1. The average Bonchev–Trinajstić information content (AvgIpc) is 2.87. The molecule has 4 nitrogen and oxygen atoms in total. The van der Waals surface area contributed by atoms with Crippen LogP contribution >= 0.6 is 0 Å². The Labute approximate surface area is 142 Å².